The Hall–Kier alpha value is -3.16. The number of aromatic nitrogens is 4. The SMILES string of the molecule is O=C(NCc1nc(-c2ccccc2)no1)c1cnn2c1OCCC2. The van der Waals surface area contributed by atoms with Gasteiger partial charge in [0.05, 0.1) is 19.3 Å². The van der Waals surface area contributed by atoms with Gasteiger partial charge < -0.3 is 14.6 Å². The normalized spacial score (nSPS) is 13.2. The average molecular weight is 325 g/mol. The van der Waals surface area contributed by atoms with Crippen LogP contribution in [0.25, 0.3) is 11.4 Å². The predicted molar refractivity (Wildman–Crippen MR) is 83.2 cm³/mol. The minimum absolute atomic E-state index is 0.142. The summed E-state index contributed by atoms with van der Waals surface area (Å²) in [4.78, 5) is 16.6. The van der Waals surface area contributed by atoms with Crippen LogP contribution in [0.3, 0.4) is 0 Å². The van der Waals surface area contributed by atoms with Crippen LogP contribution in [0.15, 0.2) is 41.1 Å². The Bertz CT molecular complexity index is 856. The van der Waals surface area contributed by atoms with Crippen LogP contribution >= 0.6 is 0 Å². The first-order chi connectivity index (χ1) is 11.8. The van der Waals surface area contributed by atoms with Gasteiger partial charge in [-0.2, -0.15) is 10.1 Å². The minimum atomic E-state index is -0.280. The van der Waals surface area contributed by atoms with Gasteiger partial charge in [0.15, 0.2) is 0 Å². The fourth-order valence-corrected chi connectivity index (χ4v) is 2.51. The number of hydrogen-bond donors (Lipinski definition) is 1. The molecular formula is C16H15N5O3. The van der Waals surface area contributed by atoms with Crippen molar-refractivity contribution in [1.82, 2.24) is 25.2 Å². The number of carbonyl (C=O) groups excluding carboxylic acids is 1. The maximum atomic E-state index is 12.3. The summed E-state index contributed by atoms with van der Waals surface area (Å²) < 4.78 is 12.4. The molecule has 1 aliphatic heterocycles. The highest BCUT2D eigenvalue weighted by Crippen LogP contribution is 2.22. The highest BCUT2D eigenvalue weighted by atomic mass is 16.5. The Balaban J connectivity index is 1.43. The van der Waals surface area contributed by atoms with Gasteiger partial charge in [-0.05, 0) is 0 Å². The molecule has 3 heterocycles. The van der Waals surface area contributed by atoms with E-state index in [1.54, 1.807) is 4.68 Å². The topological polar surface area (TPSA) is 95.1 Å². The molecule has 0 atom stereocenters. The Kier molecular flexibility index (Phi) is 3.70. The molecule has 0 saturated heterocycles. The van der Waals surface area contributed by atoms with Crippen molar-refractivity contribution in [2.45, 2.75) is 19.5 Å². The summed E-state index contributed by atoms with van der Waals surface area (Å²) in [6.45, 7) is 1.49. The lowest BCUT2D eigenvalue weighted by molar-refractivity contribution is 0.0939. The molecule has 3 aromatic rings. The van der Waals surface area contributed by atoms with Crippen LogP contribution in [0.5, 0.6) is 5.88 Å². The molecule has 4 rings (SSSR count). The third kappa shape index (κ3) is 2.73. The summed E-state index contributed by atoms with van der Waals surface area (Å²) in [5, 5.41) is 10.8. The summed E-state index contributed by atoms with van der Waals surface area (Å²) in [5.74, 6) is 1.06. The second-order valence-electron chi connectivity index (χ2n) is 5.35. The van der Waals surface area contributed by atoms with Crippen molar-refractivity contribution >= 4 is 5.91 Å². The number of aryl methyl sites for hydroxylation is 1. The van der Waals surface area contributed by atoms with Crippen LogP contribution in [0.4, 0.5) is 0 Å². The van der Waals surface area contributed by atoms with Crippen LogP contribution in [-0.2, 0) is 13.1 Å². The number of amides is 1. The van der Waals surface area contributed by atoms with Gasteiger partial charge in [0.2, 0.25) is 17.6 Å². The van der Waals surface area contributed by atoms with E-state index in [2.05, 4.69) is 20.6 Å². The summed E-state index contributed by atoms with van der Waals surface area (Å²) >= 11 is 0. The van der Waals surface area contributed by atoms with Crippen molar-refractivity contribution in [2.24, 2.45) is 0 Å². The molecule has 0 saturated carbocycles. The van der Waals surface area contributed by atoms with Crippen LogP contribution in [0.2, 0.25) is 0 Å². The molecular weight excluding hydrogens is 310 g/mol. The molecule has 24 heavy (non-hydrogen) atoms. The molecule has 0 fully saturated rings. The fourth-order valence-electron chi connectivity index (χ4n) is 2.51. The third-order valence-corrected chi connectivity index (χ3v) is 3.69. The number of benzene rings is 1. The summed E-state index contributed by atoms with van der Waals surface area (Å²) in [7, 11) is 0. The maximum absolute atomic E-state index is 12.3. The van der Waals surface area contributed by atoms with Crippen LogP contribution in [-0.4, -0.2) is 32.4 Å². The van der Waals surface area contributed by atoms with E-state index in [0.29, 0.717) is 29.8 Å². The lowest BCUT2D eigenvalue weighted by atomic mass is 10.2. The van der Waals surface area contributed by atoms with Crippen molar-refractivity contribution in [3.05, 3.63) is 48.0 Å². The maximum Gasteiger partial charge on any atom is 0.258 e. The van der Waals surface area contributed by atoms with Gasteiger partial charge in [0.25, 0.3) is 5.91 Å². The predicted octanol–water partition coefficient (Wildman–Crippen LogP) is 1.65. The van der Waals surface area contributed by atoms with E-state index >= 15 is 0 Å². The molecule has 1 N–H and O–H groups in total. The second-order valence-corrected chi connectivity index (χ2v) is 5.35. The molecule has 8 nitrogen and oxygen atoms in total. The molecule has 0 spiro atoms. The average Bonchev–Trinajstić information content (AvgIpc) is 3.27. The molecule has 8 heteroatoms. The summed E-state index contributed by atoms with van der Waals surface area (Å²) in [5.41, 5.74) is 1.27. The van der Waals surface area contributed by atoms with E-state index in [-0.39, 0.29) is 12.5 Å². The standard InChI is InChI=1S/C16H15N5O3/c22-15(12-9-18-21-7-4-8-23-16(12)21)17-10-13-19-14(20-24-13)11-5-2-1-3-6-11/h1-3,5-6,9H,4,7-8,10H2,(H,17,22). The van der Waals surface area contributed by atoms with Gasteiger partial charge in [0.1, 0.15) is 5.56 Å². The van der Waals surface area contributed by atoms with Crippen LogP contribution in [0, 0.1) is 0 Å². The Labute approximate surface area is 137 Å². The van der Waals surface area contributed by atoms with Crippen molar-refractivity contribution in [2.75, 3.05) is 6.61 Å². The van der Waals surface area contributed by atoms with Crippen molar-refractivity contribution < 1.29 is 14.1 Å². The number of nitrogens with one attached hydrogen (secondary N) is 1. The van der Waals surface area contributed by atoms with Crippen molar-refractivity contribution in [3.63, 3.8) is 0 Å². The number of hydrogen-bond acceptors (Lipinski definition) is 6. The van der Waals surface area contributed by atoms with Gasteiger partial charge in [-0.3, -0.25) is 4.79 Å². The van der Waals surface area contributed by atoms with Crippen molar-refractivity contribution in [1.29, 1.82) is 0 Å². The Morgan fingerprint density at radius 3 is 3.04 bits per heavy atom. The molecule has 0 bridgehead atoms. The first kappa shape index (κ1) is 14.4. The van der Waals surface area contributed by atoms with Crippen molar-refractivity contribution in [3.8, 4) is 17.3 Å². The molecule has 1 aliphatic rings. The zero-order valence-electron chi connectivity index (χ0n) is 12.8. The number of nitrogens with zero attached hydrogens (tertiary/aromatic N) is 4. The number of rotatable bonds is 4. The van der Waals surface area contributed by atoms with E-state index < -0.39 is 0 Å². The van der Waals surface area contributed by atoms with E-state index in [9.17, 15) is 4.79 Å². The van der Waals surface area contributed by atoms with E-state index in [0.717, 1.165) is 18.5 Å². The number of fused-ring (bicyclic) bond motifs is 1. The highest BCUT2D eigenvalue weighted by molar-refractivity contribution is 5.96. The Morgan fingerprint density at radius 2 is 2.17 bits per heavy atom. The van der Waals surface area contributed by atoms with E-state index in [1.807, 2.05) is 30.3 Å². The van der Waals surface area contributed by atoms with Gasteiger partial charge >= 0.3 is 0 Å². The third-order valence-electron chi connectivity index (χ3n) is 3.69. The Morgan fingerprint density at radius 1 is 1.29 bits per heavy atom. The number of ether oxygens (including phenoxy) is 1. The van der Waals surface area contributed by atoms with E-state index in [1.165, 1.54) is 6.20 Å². The smallest absolute Gasteiger partial charge is 0.258 e. The first-order valence-corrected chi connectivity index (χ1v) is 7.66. The van der Waals surface area contributed by atoms with Gasteiger partial charge in [-0.25, -0.2) is 4.68 Å². The molecule has 1 aromatic carbocycles. The monoisotopic (exact) mass is 325 g/mol. The quantitative estimate of drug-likeness (QED) is 0.783. The highest BCUT2D eigenvalue weighted by Gasteiger charge is 2.21. The van der Waals surface area contributed by atoms with Crippen LogP contribution in [0.1, 0.15) is 22.7 Å². The van der Waals surface area contributed by atoms with Gasteiger partial charge in [0, 0.05) is 18.5 Å². The zero-order valence-corrected chi connectivity index (χ0v) is 12.8. The summed E-state index contributed by atoms with van der Waals surface area (Å²) in [6, 6.07) is 9.50. The largest absolute Gasteiger partial charge is 0.477 e. The molecule has 1 amide bonds. The number of carbonyl (C=O) groups is 1. The fraction of sp³-hybridized carbons (Fsp3) is 0.250. The summed E-state index contributed by atoms with van der Waals surface area (Å²) in [6.07, 6.45) is 2.40. The first-order valence-electron chi connectivity index (χ1n) is 7.66. The molecule has 122 valence electrons. The molecule has 0 unspecified atom stereocenters. The molecule has 2 aromatic heterocycles. The zero-order chi connectivity index (χ0) is 16.4. The lowest BCUT2D eigenvalue weighted by Crippen LogP contribution is -2.24. The van der Waals surface area contributed by atoms with Crippen LogP contribution < -0.4 is 10.1 Å². The second kappa shape index (κ2) is 6.15. The van der Waals surface area contributed by atoms with E-state index in [4.69, 9.17) is 9.26 Å². The minimum Gasteiger partial charge on any atom is -0.477 e. The molecule has 0 radical (unpaired) electrons. The van der Waals surface area contributed by atoms with Gasteiger partial charge in [-0.15, -0.1) is 0 Å². The lowest BCUT2D eigenvalue weighted by Gasteiger charge is -2.15. The molecule has 0 aliphatic carbocycles. The van der Waals surface area contributed by atoms with Gasteiger partial charge in [-0.1, -0.05) is 35.5 Å².